The molecule has 0 N–H and O–H groups in total. The minimum atomic E-state index is 0.214. The Labute approximate surface area is 132 Å². The minimum absolute atomic E-state index is 0.214. The van der Waals surface area contributed by atoms with Gasteiger partial charge in [0.2, 0.25) is 0 Å². The first-order valence-corrected chi connectivity index (χ1v) is 9.05. The molecule has 4 bridgehead atoms. The van der Waals surface area contributed by atoms with Crippen molar-refractivity contribution in [2.24, 2.45) is 29.6 Å². The van der Waals surface area contributed by atoms with Crippen LogP contribution < -0.4 is 0 Å². The fourth-order valence-corrected chi connectivity index (χ4v) is 6.58. The maximum atomic E-state index is 7.01. The van der Waals surface area contributed by atoms with Gasteiger partial charge in [0.1, 0.15) is 0 Å². The Hall–Kier alpha value is -0.530. The summed E-state index contributed by atoms with van der Waals surface area (Å²) < 4.78 is 5.55. The lowest BCUT2D eigenvalue weighted by Crippen LogP contribution is -2.46. The van der Waals surface area contributed by atoms with E-state index in [4.69, 9.17) is 16.3 Å². The van der Waals surface area contributed by atoms with Gasteiger partial charge in [0.05, 0.1) is 18.6 Å². The van der Waals surface area contributed by atoms with E-state index in [2.05, 4.69) is 18.2 Å². The lowest BCUT2D eigenvalue weighted by molar-refractivity contribution is -0.0381. The average Bonchev–Trinajstić information content (AvgIpc) is 2.93. The molecule has 1 nitrogen and oxygen atoms in total. The Kier molecular flexibility index (Phi) is 2.92. The van der Waals surface area contributed by atoms with Crippen molar-refractivity contribution in [1.82, 2.24) is 0 Å². The fraction of sp³-hybridized carbons (Fsp3) is 0.684. The molecule has 0 amide bonds. The Morgan fingerprint density at radius 1 is 0.905 bits per heavy atom. The number of fused-ring (bicyclic) bond motifs is 1. The Morgan fingerprint density at radius 2 is 1.57 bits per heavy atom. The zero-order chi connectivity index (χ0) is 14.0. The molecular weight excluding hydrogens is 280 g/mol. The average molecular weight is 303 g/mol. The standard InChI is InChI=1S/C19H23ClO/c20-19(13-1-2-14-9-21-10-17(14)8-13)18-15-4-11-3-12(6-15)7-16(18)5-11/h1-2,8,11-12,15-16,18-19H,3-7,9-10H2. The molecule has 4 saturated carbocycles. The SMILES string of the molecule is ClC(c1ccc2c(c1)COC2)C1C2CC3CC(C2)CC1C3. The molecular formula is C19H23ClO. The van der Waals surface area contributed by atoms with E-state index in [1.165, 1.54) is 48.8 Å². The molecule has 1 aromatic rings. The molecule has 1 heterocycles. The summed E-state index contributed by atoms with van der Waals surface area (Å²) in [5.74, 6) is 4.57. The molecule has 1 aliphatic heterocycles. The summed E-state index contributed by atoms with van der Waals surface area (Å²) in [6, 6.07) is 6.82. The van der Waals surface area contributed by atoms with Crippen LogP contribution in [0.2, 0.25) is 0 Å². The van der Waals surface area contributed by atoms with Gasteiger partial charge in [-0.25, -0.2) is 0 Å². The number of halogens is 1. The maximum absolute atomic E-state index is 7.01. The predicted octanol–water partition coefficient (Wildman–Crippen LogP) is 5.07. The summed E-state index contributed by atoms with van der Waals surface area (Å²) in [6.45, 7) is 1.55. The summed E-state index contributed by atoms with van der Waals surface area (Å²) in [6.07, 6.45) is 7.33. The van der Waals surface area contributed by atoms with E-state index in [9.17, 15) is 0 Å². The van der Waals surface area contributed by atoms with Crippen molar-refractivity contribution in [3.05, 3.63) is 34.9 Å². The molecule has 5 aliphatic rings. The van der Waals surface area contributed by atoms with E-state index in [-0.39, 0.29) is 5.38 Å². The van der Waals surface area contributed by atoms with Gasteiger partial charge >= 0.3 is 0 Å². The Balaban J connectivity index is 1.44. The topological polar surface area (TPSA) is 9.23 Å². The molecule has 1 aromatic carbocycles. The van der Waals surface area contributed by atoms with Crippen LogP contribution in [0.3, 0.4) is 0 Å². The van der Waals surface area contributed by atoms with Gasteiger partial charge in [0.25, 0.3) is 0 Å². The van der Waals surface area contributed by atoms with Crippen LogP contribution in [-0.2, 0) is 18.0 Å². The number of rotatable bonds is 2. The van der Waals surface area contributed by atoms with Gasteiger partial charge in [0, 0.05) is 0 Å². The van der Waals surface area contributed by atoms with Crippen LogP contribution in [0.1, 0.15) is 54.2 Å². The van der Waals surface area contributed by atoms with Crippen LogP contribution in [0.4, 0.5) is 0 Å². The second-order valence-electron chi connectivity index (χ2n) is 7.93. The van der Waals surface area contributed by atoms with Gasteiger partial charge in [-0.05, 0) is 78.4 Å². The molecule has 112 valence electrons. The van der Waals surface area contributed by atoms with Crippen LogP contribution >= 0.6 is 11.6 Å². The van der Waals surface area contributed by atoms with Gasteiger partial charge in [-0.3, -0.25) is 0 Å². The highest BCUT2D eigenvalue weighted by molar-refractivity contribution is 6.21. The van der Waals surface area contributed by atoms with Crippen molar-refractivity contribution in [3.8, 4) is 0 Å². The van der Waals surface area contributed by atoms with E-state index in [0.717, 1.165) is 42.8 Å². The van der Waals surface area contributed by atoms with Gasteiger partial charge < -0.3 is 4.74 Å². The second kappa shape index (κ2) is 4.73. The molecule has 4 aliphatic carbocycles. The van der Waals surface area contributed by atoms with Gasteiger partial charge in [-0.1, -0.05) is 18.2 Å². The third-order valence-corrected chi connectivity index (χ3v) is 7.24. The van der Waals surface area contributed by atoms with Crippen LogP contribution in [-0.4, -0.2) is 0 Å². The minimum Gasteiger partial charge on any atom is -0.372 e. The maximum Gasteiger partial charge on any atom is 0.0725 e. The summed E-state index contributed by atoms with van der Waals surface area (Å²) in [5, 5.41) is 0.214. The van der Waals surface area contributed by atoms with Crippen molar-refractivity contribution in [2.45, 2.75) is 50.7 Å². The van der Waals surface area contributed by atoms with Crippen molar-refractivity contribution < 1.29 is 4.74 Å². The van der Waals surface area contributed by atoms with Crippen molar-refractivity contribution in [3.63, 3.8) is 0 Å². The van der Waals surface area contributed by atoms with Gasteiger partial charge in [-0.15, -0.1) is 11.6 Å². The quantitative estimate of drug-likeness (QED) is 0.693. The molecule has 0 radical (unpaired) electrons. The smallest absolute Gasteiger partial charge is 0.0725 e. The van der Waals surface area contributed by atoms with E-state index >= 15 is 0 Å². The van der Waals surface area contributed by atoms with Crippen molar-refractivity contribution in [2.75, 3.05) is 0 Å². The van der Waals surface area contributed by atoms with Crippen LogP contribution in [0.5, 0.6) is 0 Å². The van der Waals surface area contributed by atoms with E-state index < -0.39 is 0 Å². The predicted molar refractivity (Wildman–Crippen MR) is 84.1 cm³/mol. The number of hydrogen-bond acceptors (Lipinski definition) is 1. The number of ether oxygens (including phenoxy) is 1. The van der Waals surface area contributed by atoms with Crippen molar-refractivity contribution >= 4 is 11.6 Å². The van der Waals surface area contributed by atoms with Crippen LogP contribution in [0.15, 0.2) is 18.2 Å². The molecule has 2 heteroatoms. The Morgan fingerprint density at radius 3 is 2.29 bits per heavy atom. The molecule has 21 heavy (non-hydrogen) atoms. The van der Waals surface area contributed by atoms with E-state index in [1.54, 1.807) is 0 Å². The van der Waals surface area contributed by atoms with Crippen molar-refractivity contribution in [1.29, 1.82) is 0 Å². The van der Waals surface area contributed by atoms with Gasteiger partial charge in [-0.2, -0.15) is 0 Å². The summed E-state index contributed by atoms with van der Waals surface area (Å²) >= 11 is 7.01. The normalized spacial score (nSPS) is 41.3. The summed E-state index contributed by atoms with van der Waals surface area (Å²) in [5.41, 5.74) is 4.06. The lowest BCUT2D eigenvalue weighted by Gasteiger charge is -2.55. The largest absolute Gasteiger partial charge is 0.372 e. The molecule has 1 atom stereocenters. The third-order valence-electron chi connectivity index (χ3n) is 6.70. The number of benzene rings is 1. The summed E-state index contributed by atoms with van der Waals surface area (Å²) in [4.78, 5) is 0. The first kappa shape index (κ1) is 13.0. The second-order valence-corrected chi connectivity index (χ2v) is 8.40. The first-order chi connectivity index (χ1) is 10.3. The highest BCUT2D eigenvalue weighted by Gasteiger charge is 2.50. The monoisotopic (exact) mass is 302 g/mol. The highest BCUT2D eigenvalue weighted by atomic mass is 35.5. The first-order valence-electron chi connectivity index (χ1n) is 8.61. The van der Waals surface area contributed by atoms with E-state index in [0.29, 0.717) is 0 Å². The molecule has 0 saturated heterocycles. The summed E-state index contributed by atoms with van der Waals surface area (Å²) in [7, 11) is 0. The zero-order valence-electron chi connectivity index (χ0n) is 12.4. The fourth-order valence-electron chi connectivity index (χ4n) is 6.03. The number of hydrogen-bond donors (Lipinski definition) is 0. The van der Waals surface area contributed by atoms with Gasteiger partial charge in [0.15, 0.2) is 0 Å². The zero-order valence-corrected chi connectivity index (χ0v) is 13.2. The highest BCUT2D eigenvalue weighted by Crippen LogP contribution is 2.60. The lowest BCUT2D eigenvalue weighted by atomic mass is 9.51. The number of alkyl halides is 1. The molecule has 0 spiro atoms. The molecule has 1 unspecified atom stereocenters. The van der Waals surface area contributed by atoms with Crippen LogP contribution in [0.25, 0.3) is 0 Å². The molecule has 0 aromatic heterocycles. The van der Waals surface area contributed by atoms with E-state index in [1.807, 2.05) is 0 Å². The molecule has 4 fully saturated rings. The van der Waals surface area contributed by atoms with Crippen LogP contribution in [0, 0.1) is 29.6 Å². The molecule has 6 rings (SSSR count). The third kappa shape index (κ3) is 2.00. The Bertz CT molecular complexity index is 539.